The van der Waals surface area contributed by atoms with E-state index in [1.54, 1.807) is 42.5 Å². The van der Waals surface area contributed by atoms with Crippen molar-refractivity contribution in [3.05, 3.63) is 59.7 Å². The molecule has 7 nitrogen and oxygen atoms in total. The van der Waals surface area contributed by atoms with E-state index >= 15 is 0 Å². The van der Waals surface area contributed by atoms with Gasteiger partial charge in [-0.15, -0.1) is 0 Å². The van der Waals surface area contributed by atoms with Crippen LogP contribution < -0.4 is 14.8 Å². The Morgan fingerprint density at radius 3 is 2.76 bits per heavy atom. The molecule has 7 heteroatoms. The van der Waals surface area contributed by atoms with Crippen LogP contribution in [0, 0.1) is 11.3 Å². The van der Waals surface area contributed by atoms with Crippen molar-refractivity contribution in [1.29, 1.82) is 5.26 Å². The highest BCUT2D eigenvalue weighted by molar-refractivity contribution is 5.96. The normalized spacial score (nSPS) is 13.8. The van der Waals surface area contributed by atoms with Crippen molar-refractivity contribution < 1.29 is 23.8 Å². The van der Waals surface area contributed by atoms with Crippen molar-refractivity contribution in [2.24, 2.45) is 0 Å². The molecule has 1 N–H and O–H groups in total. The molecule has 29 heavy (non-hydrogen) atoms. The number of rotatable bonds is 5. The fourth-order valence-electron chi connectivity index (χ4n) is 2.63. The molecule has 0 fully saturated rings. The van der Waals surface area contributed by atoms with E-state index in [-0.39, 0.29) is 0 Å². The number of benzene rings is 2. The Hall–Kier alpha value is -3.79. The molecule has 0 radical (unpaired) electrons. The number of nitrogens with one attached hydrogen (secondary N) is 1. The summed E-state index contributed by atoms with van der Waals surface area (Å²) in [5.41, 5.74) is 1.63. The van der Waals surface area contributed by atoms with E-state index in [2.05, 4.69) is 5.32 Å². The predicted molar refractivity (Wildman–Crippen MR) is 106 cm³/mol. The molecule has 148 valence electrons. The molecule has 0 spiro atoms. The number of fused-ring (bicyclic) bond motifs is 1. The average Bonchev–Trinajstić information content (AvgIpc) is 2.97. The lowest BCUT2D eigenvalue weighted by Gasteiger charge is -2.12. The smallest absolute Gasteiger partial charge is 0.331 e. The molecule has 2 aromatic rings. The number of anilines is 1. The standard InChI is InChI=1S/C22H20N2O5/c1-15(22(26)24-18-5-2-4-17(12-18)14-23)29-21(25)9-7-16-6-8-19-20(13-16)28-11-3-10-27-19/h2,4-9,12-13,15H,3,10-11H2,1H3,(H,24,26)/b9-7+/t15-/m0/s1. The number of carbonyl (C=O) groups excluding carboxylic acids is 2. The van der Waals surface area contributed by atoms with Crippen LogP contribution >= 0.6 is 0 Å². The molecule has 1 amide bonds. The van der Waals surface area contributed by atoms with E-state index in [9.17, 15) is 9.59 Å². The summed E-state index contributed by atoms with van der Waals surface area (Å²) in [6, 6.07) is 13.8. The van der Waals surface area contributed by atoms with Crippen LogP contribution in [0.15, 0.2) is 48.5 Å². The van der Waals surface area contributed by atoms with Crippen LogP contribution in [0.2, 0.25) is 0 Å². The zero-order valence-corrected chi connectivity index (χ0v) is 15.9. The number of nitrogens with zero attached hydrogens (tertiary/aromatic N) is 1. The van der Waals surface area contributed by atoms with Crippen molar-refractivity contribution in [1.82, 2.24) is 0 Å². The summed E-state index contributed by atoms with van der Waals surface area (Å²) < 4.78 is 16.3. The van der Waals surface area contributed by atoms with Gasteiger partial charge in [0, 0.05) is 18.2 Å². The number of ether oxygens (including phenoxy) is 3. The van der Waals surface area contributed by atoms with Gasteiger partial charge in [-0.1, -0.05) is 12.1 Å². The number of carbonyl (C=O) groups is 2. The molecule has 1 heterocycles. The lowest BCUT2D eigenvalue weighted by molar-refractivity contribution is -0.148. The first kappa shape index (κ1) is 20.0. The zero-order valence-electron chi connectivity index (χ0n) is 15.9. The Kier molecular flexibility index (Phi) is 6.48. The molecule has 2 aromatic carbocycles. The Balaban J connectivity index is 1.56. The van der Waals surface area contributed by atoms with E-state index in [0.717, 1.165) is 12.0 Å². The van der Waals surface area contributed by atoms with Gasteiger partial charge in [-0.2, -0.15) is 5.26 Å². The van der Waals surface area contributed by atoms with Gasteiger partial charge in [0.15, 0.2) is 17.6 Å². The van der Waals surface area contributed by atoms with Crippen LogP contribution in [0.5, 0.6) is 11.5 Å². The molecule has 0 unspecified atom stereocenters. The van der Waals surface area contributed by atoms with Crippen molar-refractivity contribution in [2.75, 3.05) is 18.5 Å². The van der Waals surface area contributed by atoms with E-state index in [0.29, 0.717) is 36.0 Å². The second kappa shape index (κ2) is 9.42. The third-order valence-electron chi connectivity index (χ3n) is 4.10. The van der Waals surface area contributed by atoms with Gasteiger partial charge in [0.1, 0.15) is 0 Å². The highest BCUT2D eigenvalue weighted by Gasteiger charge is 2.17. The second-order valence-electron chi connectivity index (χ2n) is 6.35. The molecule has 0 aliphatic carbocycles. The summed E-state index contributed by atoms with van der Waals surface area (Å²) in [5.74, 6) is 0.168. The van der Waals surface area contributed by atoms with Gasteiger partial charge in [0.05, 0.1) is 24.8 Å². The number of nitriles is 1. The Labute approximate surface area is 168 Å². The number of amides is 1. The second-order valence-corrected chi connectivity index (χ2v) is 6.35. The van der Waals surface area contributed by atoms with E-state index in [4.69, 9.17) is 19.5 Å². The van der Waals surface area contributed by atoms with Crippen LogP contribution in [0.4, 0.5) is 5.69 Å². The minimum absolute atomic E-state index is 0.422. The maximum atomic E-state index is 12.2. The topological polar surface area (TPSA) is 97.7 Å². The van der Waals surface area contributed by atoms with Gasteiger partial charge in [0.25, 0.3) is 5.91 Å². The molecule has 0 saturated carbocycles. The van der Waals surface area contributed by atoms with Crippen molar-refractivity contribution in [3.63, 3.8) is 0 Å². The molecular weight excluding hydrogens is 372 g/mol. The van der Waals surface area contributed by atoms with Gasteiger partial charge in [-0.25, -0.2) is 4.79 Å². The maximum absolute atomic E-state index is 12.2. The third kappa shape index (κ3) is 5.59. The number of hydrogen-bond donors (Lipinski definition) is 1. The van der Waals surface area contributed by atoms with Gasteiger partial charge >= 0.3 is 5.97 Å². The van der Waals surface area contributed by atoms with Crippen molar-refractivity contribution >= 4 is 23.6 Å². The molecule has 0 aromatic heterocycles. The van der Waals surface area contributed by atoms with Crippen LogP contribution in [0.3, 0.4) is 0 Å². The maximum Gasteiger partial charge on any atom is 0.331 e. The molecule has 3 rings (SSSR count). The summed E-state index contributed by atoms with van der Waals surface area (Å²) in [7, 11) is 0. The summed E-state index contributed by atoms with van der Waals surface area (Å²) in [4.78, 5) is 24.2. The molecule has 1 aliphatic heterocycles. The highest BCUT2D eigenvalue weighted by Crippen LogP contribution is 2.30. The fourth-order valence-corrected chi connectivity index (χ4v) is 2.63. The largest absolute Gasteiger partial charge is 0.490 e. The number of esters is 1. The monoisotopic (exact) mass is 392 g/mol. The highest BCUT2D eigenvalue weighted by atomic mass is 16.5. The molecule has 0 saturated heterocycles. The van der Waals surface area contributed by atoms with Crippen LogP contribution in [0.25, 0.3) is 6.08 Å². The zero-order chi connectivity index (χ0) is 20.6. The van der Waals surface area contributed by atoms with Crippen LogP contribution in [-0.2, 0) is 14.3 Å². The van der Waals surface area contributed by atoms with E-state index in [1.165, 1.54) is 19.1 Å². The molecule has 0 bridgehead atoms. The summed E-state index contributed by atoms with van der Waals surface area (Å²) in [6.45, 7) is 2.66. The molecule has 1 atom stereocenters. The van der Waals surface area contributed by atoms with Gasteiger partial charge in [-0.3, -0.25) is 4.79 Å². The Morgan fingerprint density at radius 1 is 1.17 bits per heavy atom. The summed E-state index contributed by atoms with van der Waals surface area (Å²) >= 11 is 0. The molecular formula is C22H20N2O5. The van der Waals surface area contributed by atoms with E-state index < -0.39 is 18.0 Å². The minimum atomic E-state index is -0.998. The first-order valence-corrected chi connectivity index (χ1v) is 9.14. The van der Waals surface area contributed by atoms with Crippen molar-refractivity contribution in [2.45, 2.75) is 19.4 Å². The first-order chi connectivity index (χ1) is 14.0. The molecule has 1 aliphatic rings. The van der Waals surface area contributed by atoms with Gasteiger partial charge in [0.2, 0.25) is 0 Å². The summed E-state index contributed by atoms with van der Waals surface area (Å²) in [6.07, 6.45) is 2.64. The Morgan fingerprint density at radius 2 is 1.97 bits per heavy atom. The quantitative estimate of drug-likeness (QED) is 0.619. The fraction of sp³-hybridized carbons (Fsp3) is 0.227. The Bertz CT molecular complexity index is 977. The van der Waals surface area contributed by atoms with Crippen molar-refractivity contribution in [3.8, 4) is 17.6 Å². The first-order valence-electron chi connectivity index (χ1n) is 9.14. The number of hydrogen-bond acceptors (Lipinski definition) is 6. The van der Waals surface area contributed by atoms with Crippen LogP contribution in [0.1, 0.15) is 24.5 Å². The summed E-state index contributed by atoms with van der Waals surface area (Å²) in [5, 5.41) is 11.5. The van der Waals surface area contributed by atoms with Gasteiger partial charge in [-0.05, 0) is 48.9 Å². The SMILES string of the molecule is C[C@H](OC(=O)/C=C/c1ccc2c(c1)OCCCO2)C(=O)Nc1cccc(C#N)c1. The predicted octanol–water partition coefficient (Wildman–Crippen LogP) is 3.30. The third-order valence-corrected chi connectivity index (χ3v) is 4.10. The lowest BCUT2D eigenvalue weighted by atomic mass is 10.2. The lowest BCUT2D eigenvalue weighted by Crippen LogP contribution is -2.29. The minimum Gasteiger partial charge on any atom is -0.490 e. The average molecular weight is 392 g/mol. The van der Waals surface area contributed by atoms with Crippen LogP contribution in [-0.4, -0.2) is 31.2 Å². The van der Waals surface area contributed by atoms with Gasteiger partial charge < -0.3 is 19.5 Å². The van der Waals surface area contributed by atoms with E-state index in [1.807, 2.05) is 6.07 Å².